The molecule has 0 unspecified atom stereocenters. The van der Waals surface area contributed by atoms with Crippen molar-refractivity contribution in [3.05, 3.63) is 54.2 Å². The highest BCUT2D eigenvalue weighted by Gasteiger charge is 2.20. The van der Waals surface area contributed by atoms with Crippen molar-refractivity contribution in [3.63, 3.8) is 0 Å². The van der Waals surface area contributed by atoms with Crippen molar-refractivity contribution in [1.82, 2.24) is 15.1 Å². The number of likely N-dealkylation sites (tertiary alicyclic amines) is 1. The second-order valence-electron chi connectivity index (χ2n) is 6.74. The molecule has 1 atom stereocenters. The molecular weight excluding hydrogens is 312 g/mol. The Morgan fingerprint density at radius 2 is 2.12 bits per heavy atom. The lowest BCUT2D eigenvalue weighted by molar-refractivity contribution is 0.208. The molecule has 1 aliphatic heterocycles. The number of rotatable bonds is 5. The van der Waals surface area contributed by atoms with Crippen LogP contribution in [0.1, 0.15) is 18.4 Å². The second-order valence-corrected chi connectivity index (χ2v) is 6.74. The van der Waals surface area contributed by atoms with E-state index in [1.807, 2.05) is 18.3 Å². The molecule has 2 N–H and O–H groups in total. The Morgan fingerprint density at radius 3 is 2.96 bits per heavy atom. The smallest absolute Gasteiger partial charge is 0.118 e. The van der Waals surface area contributed by atoms with Gasteiger partial charge in [-0.3, -0.25) is 10.00 Å². The molecular formula is C20H24N4O. The fraction of sp³-hybridized carbons (Fsp3) is 0.350. The summed E-state index contributed by atoms with van der Waals surface area (Å²) >= 11 is 0. The molecule has 5 nitrogen and oxygen atoms in total. The third kappa shape index (κ3) is 3.77. The van der Waals surface area contributed by atoms with Crippen LogP contribution in [0.25, 0.3) is 10.9 Å². The highest BCUT2D eigenvalue weighted by molar-refractivity contribution is 5.81. The molecule has 3 aromatic rings. The van der Waals surface area contributed by atoms with Crippen LogP contribution >= 0.6 is 0 Å². The molecule has 0 amide bonds. The van der Waals surface area contributed by atoms with Gasteiger partial charge in [-0.25, -0.2) is 0 Å². The number of ether oxygens (including phenoxy) is 1. The second kappa shape index (κ2) is 7.15. The number of methoxy groups -OCH3 is 1. The molecule has 4 rings (SSSR count). The average molecular weight is 336 g/mol. The Morgan fingerprint density at radius 1 is 1.24 bits per heavy atom. The van der Waals surface area contributed by atoms with E-state index in [0.717, 1.165) is 36.3 Å². The summed E-state index contributed by atoms with van der Waals surface area (Å²) in [4.78, 5) is 2.53. The number of anilines is 1. The molecule has 2 aromatic carbocycles. The minimum Gasteiger partial charge on any atom is -0.497 e. The molecule has 1 aromatic heterocycles. The minimum absolute atomic E-state index is 0.483. The number of hydrogen-bond donors (Lipinski definition) is 2. The van der Waals surface area contributed by atoms with Crippen LogP contribution in [0.5, 0.6) is 5.75 Å². The van der Waals surface area contributed by atoms with Crippen LogP contribution in [0.15, 0.2) is 48.7 Å². The van der Waals surface area contributed by atoms with Gasteiger partial charge in [0.1, 0.15) is 5.75 Å². The van der Waals surface area contributed by atoms with Crippen LogP contribution in [-0.4, -0.2) is 41.3 Å². The van der Waals surface area contributed by atoms with Gasteiger partial charge in [0.15, 0.2) is 0 Å². The van der Waals surface area contributed by atoms with Gasteiger partial charge in [0.25, 0.3) is 0 Å². The van der Waals surface area contributed by atoms with Gasteiger partial charge in [-0.2, -0.15) is 5.10 Å². The van der Waals surface area contributed by atoms with Gasteiger partial charge in [0.2, 0.25) is 0 Å². The maximum absolute atomic E-state index is 5.24. The highest BCUT2D eigenvalue weighted by Crippen LogP contribution is 2.21. The fourth-order valence-electron chi connectivity index (χ4n) is 3.57. The zero-order valence-corrected chi connectivity index (χ0v) is 14.5. The summed E-state index contributed by atoms with van der Waals surface area (Å²) in [5, 5.41) is 11.9. The van der Waals surface area contributed by atoms with Crippen molar-refractivity contribution < 1.29 is 4.74 Å². The quantitative estimate of drug-likeness (QED) is 0.747. The summed E-state index contributed by atoms with van der Waals surface area (Å²) in [5.41, 5.74) is 3.58. The van der Waals surface area contributed by atoms with Crippen LogP contribution in [0, 0.1) is 0 Å². The number of H-pyrrole nitrogens is 1. The lowest BCUT2D eigenvalue weighted by Crippen LogP contribution is -2.41. The normalized spacial score (nSPS) is 18.4. The van der Waals surface area contributed by atoms with E-state index >= 15 is 0 Å². The maximum atomic E-state index is 5.24. The fourth-order valence-corrected chi connectivity index (χ4v) is 3.57. The summed E-state index contributed by atoms with van der Waals surface area (Å²) in [6.07, 6.45) is 4.31. The lowest BCUT2D eigenvalue weighted by atomic mass is 10.0. The average Bonchev–Trinajstić information content (AvgIpc) is 3.10. The van der Waals surface area contributed by atoms with E-state index in [0.29, 0.717) is 6.04 Å². The largest absolute Gasteiger partial charge is 0.497 e. The highest BCUT2D eigenvalue weighted by atomic mass is 16.5. The van der Waals surface area contributed by atoms with Crippen molar-refractivity contribution in [1.29, 1.82) is 0 Å². The number of nitrogens with zero attached hydrogens (tertiary/aromatic N) is 2. The number of benzene rings is 2. The van der Waals surface area contributed by atoms with E-state index in [9.17, 15) is 0 Å². The first-order valence-corrected chi connectivity index (χ1v) is 8.85. The first-order chi connectivity index (χ1) is 12.3. The molecule has 0 bridgehead atoms. The Kier molecular flexibility index (Phi) is 4.57. The van der Waals surface area contributed by atoms with Crippen molar-refractivity contribution in [2.75, 3.05) is 25.5 Å². The summed E-state index contributed by atoms with van der Waals surface area (Å²) in [5.74, 6) is 0.913. The Balaban J connectivity index is 1.38. The Hall–Kier alpha value is -2.53. The number of fused-ring (bicyclic) bond motifs is 1. The zero-order chi connectivity index (χ0) is 17.1. The van der Waals surface area contributed by atoms with E-state index < -0.39 is 0 Å². The van der Waals surface area contributed by atoms with E-state index in [1.165, 1.54) is 24.1 Å². The summed E-state index contributed by atoms with van der Waals surface area (Å²) < 4.78 is 5.24. The summed E-state index contributed by atoms with van der Waals surface area (Å²) in [7, 11) is 1.71. The summed E-state index contributed by atoms with van der Waals surface area (Å²) in [6, 6.07) is 15.2. The van der Waals surface area contributed by atoms with Gasteiger partial charge in [-0.05, 0) is 55.3 Å². The van der Waals surface area contributed by atoms with Crippen molar-refractivity contribution in [2.24, 2.45) is 0 Å². The molecule has 5 heteroatoms. The molecule has 0 radical (unpaired) electrons. The number of nitrogens with one attached hydrogen (secondary N) is 2. The van der Waals surface area contributed by atoms with E-state index in [2.05, 4.69) is 50.7 Å². The lowest BCUT2D eigenvalue weighted by Gasteiger charge is -2.33. The number of aromatic amines is 1. The van der Waals surface area contributed by atoms with Gasteiger partial charge in [0.05, 0.1) is 18.8 Å². The van der Waals surface area contributed by atoms with Gasteiger partial charge in [0, 0.05) is 30.2 Å². The number of aromatic nitrogens is 2. The predicted octanol–water partition coefficient (Wildman–Crippen LogP) is 3.65. The topological polar surface area (TPSA) is 53.2 Å². The summed E-state index contributed by atoms with van der Waals surface area (Å²) in [6.45, 7) is 3.21. The molecule has 1 saturated heterocycles. The first-order valence-electron chi connectivity index (χ1n) is 8.85. The number of piperidine rings is 1. The molecule has 25 heavy (non-hydrogen) atoms. The molecule has 1 aliphatic rings. The van der Waals surface area contributed by atoms with Gasteiger partial charge in [-0.1, -0.05) is 12.1 Å². The van der Waals surface area contributed by atoms with Crippen LogP contribution in [0.2, 0.25) is 0 Å². The number of hydrogen-bond acceptors (Lipinski definition) is 4. The Bertz CT molecular complexity index is 827. The molecule has 0 spiro atoms. The third-order valence-electron chi connectivity index (χ3n) is 4.88. The van der Waals surface area contributed by atoms with Gasteiger partial charge in [-0.15, -0.1) is 0 Å². The predicted molar refractivity (Wildman–Crippen MR) is 101 cm³/mol. The zero-order valence-electron chi connectivity index (χ0n) is 14.5. The van der Waals surface area contributed by atoms with Crippen LogP contribution in [-0.2, 0) is 6.54 Å². The van der Waals surface area contributed by atoms with E-state index in [1.54, 1.807) is 7.11 Å². The molecule has 2 heterocycles. The van der Waals surface area contributed by atoms with Crippen molar-refractivity contribution >= 4 is 16.6 Å². The van der Waals surface area contributed by atoms with Crippen LogP contribution < -0.4 is 10.1 Å². The minimum atomic E-state index is 0.483. The third-order valence-corrected chi connectivity index (χ3v) is 4.88. The first kappa shape index (κ1) is 16.0. The molecule has 130 valence electrons. The molecule has 0 aliphatic carbocycles. The SMILES string of the molecule is COc1ccc(CN2CCC[C@@H](Nc3ccc4[nH]ncc4c3)C2)cc1. The monoisotopic (exact) mass is 336 g/mol. The van der Waals surface area contributed by atoms with Crippen LogP contribution in [0.3, 0.4) is 0 Å². The van der Waals surface area contributed by atoms with Gasteiger partial charge >= 0.3 is 0 Å². The van der Waals surface area contributed by atoms with Crippen LogP contribution in [0.4, 0.5) is 5.69 Å². The van der Waals surface area contributed by atoms with E-state index in [4.69, 9.17) is 4.74 Å². The van der Waals surface area contributed by atoms with Crippen molar-refractivity contribution in [2.45, 2.75) is 25.4 Å². The molecule has 1 fully saturated rings. The van der Waals surface area contributed by atoms with Crippen molar-refractivity contribution in [3.8, 4) is 5.75 Å². The van der Waals surface area contributed by atoms with Gasteiger partial charge < -0.3 is 10.1 Å². The maximum Gasteiger partial charge on any atom is 0.118 e. The standard InChI is InChI=1S/C20H24N4O/c1-25-19-7-4-15(5-8-19)13-24-10-2-3-18(14-24)22-17-6-9-20-16(11-17)12-21-23-20/h4-9,11-12,18,22H,2-3,10,13-14H2,1H3,(H,21,23)/t18-/m1/s1. The Labute approximate surface area is 148 Å². The molecule has 0 saturated carbocycles. The van der Waals surface area contributed by atoms with E-state index in [-0.39, 0.29) is 0 Å².